The van der Waals surface area contributed by atoms with E-state index in [9.17, 15) is 9.90 Å². The van der Waals surface area contributed by atoms with Crippen molar-refractivity contribution in [1.82, 2.24) is 0 Å². The molecular formula is C18H21NO2. The fourth-order valence-electron chi connectivity index (χ4n) is 2.24. The number of hydrogen-bond donors (Lipinski definition) is 1. The average Bonchev–Trinajstić information content (AvgIpc) is 2.51. The van der Waals surface area contributed by atoms with Gasteiger partial charge in [-0.25, -0.2) is 0 Å². The van der Waals surface area contributed by atoms with Crippen LogP contribution in [0.1, 0.15) is 35.7 Å². The Morgan fingerprint density at radius 3 is 2.52 bits per heavy atom. The first-order valence-electron chi connectivity index (χ1n) is 7.30. The first-order valence-corrected chi connectivity index (χ1v) is 7.30. The van der Waals surface area contributed by atoms with Crippen LogP contribution in [-0.2, 0) is 0 Å². The average molecular weight is 283 g/mol. The smallest absolute Gasteiger partial charge is 0.262 e. The molecule has 0 aliphatic heterocycles. The minimum Gasteiger partial charge on any atom is -0.507 e. The van der Waals surface area contributed by atoms with Crippen molar-refractivity contribution in [2.45, 2.75) is 26.7 Å². The Balaban J connectivity index is 2.36. The highest BCUT2D eigenvalue weighted by atomic mass is 16.3. The number of anilines is 1. The van der Waals surface area contributed by atoms with Crippen LogP contribution in [0.4, 0.5) is 5.69 Å². The quantitative estimate of drug-likeness (QED) is 0.895. The molecule has 0 saturated carbocycles. The number of carbonyl (C=O) groups excluding carboxylic acids is 1. The van der Waals surface area contributed by atoms with Gasteiger partial charge in [-0.1, -0.05) is 43.2 Å². The van der Waals surface area contributed by atoms with Crippen LogP contribution in [0.3, 0.4) is 0 Å². The predicted octanol–water partition coefficient (Wildman–Crippen LogP) is 4.15. The highest BCUT2D eigenvalue weighted by Crippen LogP contribution is 2.24. The Morgan fingerprint density at radius 1 is 1.14 bits per heavy atom. The van der Waals surface area contributed by atoms with Crippen molar-refractivity contribution >= 4 is 11.6 Å². The van der Waals surface area contributed by atoms with E-state index in [1.807, 2.05) is 37.3 Å². The molecule has 0 spiro atoms. The molecule has 2 rings (SSSR count). The molecule has 0 fully saturated rings. The fraction of sp³-hybridized carbons (Fsp3) is 0.278. The highest BCUT2D eigenvalue weighted by molar-refractivity contribution is 6.07. The van der Waals surface area contributed by atoms with Gasteiger partial charge in [0.2, 0.25) is 0 Å². The molecule has 1 N–H and O–H groups in total. The third-order valence-corrected chi connectivity index (χ3v) is 3.43. The Hall–Kier alpha value is -2.29. The summed E-state index contributed by atoms with van der Waals surface area (Å²) in [5.41, 5.74) is 2.17. The molecular weight excluding hydrogens is 262 g/mol. The number of phenolic OH excluding ortho intramolecular Hbond substituents is 1. The van der Waals surface area contributed by atoms with Gasteiger partial charge in [0.1, 0.15) is 5.75 Å². The highest BCUT2D eigenvalue weighted by Gasteiger charge is 2.20. The number of para-hydroxylation sites is 1. The van der Waals surface area contributed by atoms with Gasteiger partial charge in [-0.15, -0.1) is 0 Å². The maximum Gasteiger partial charge on any atom is 0.262 e. The van der Waals surface area contributed by atoms with Crippen molar-refractivity contribution in [2.75, 3.05) is 11.4 Å². The molecule has 0 aliphatic carbocycles. The van der Waals surface area contributed by atoms with Crippen LogP contribution in [0.25, 0.3) is 0 Å². The van der Waals surface area contributed by atoms with Crippen LogP contribution >= 0.6 is 0 Å². The van der Waals surface area contributed by atoms with Gasteiger partial charge in [0, 0.05) is 12.2 Å². The topological polar surface area (TPSA) is 40.5 Å². The molecule has 0 aromatic heterocycles. The number of rotatable bonds is 5. The van der Waals surface area contributed by atoms with Crippen molar-refractivity contribution in [1.29, 1.82) is 0 Å². The zero-order valence-electron chi connectivity index (χ0n) is 12.5. The zero-order valence-corrected chi connectivity index (χ0v) is 12.5. The van der Waals surface area contributed by atoms with Crippen molar-refractivity contribution in [3.63, 3.8) is 0 Å². The first kappa shape index (κ1) is 15.1. The number of phenols is 1. The monoisotopic (exact) mass is 283 g/mol. The third-order valence-electron chi connectivity index (χ3n) is 3.43. The summed E-state index contributed by atoms with van der Waals surface area (Å²) in [5.74, 6) is -0.126. The number of aryl methyl sites for hydroxylation is 1. The molecule has 21 heavy (non-hydrogen) atoms. The lowest BCUT2D eigenvalue weighted by Crippen LogP contribution is -2.32. The van der Waals surface area contributed by atoms with Gasteiger partial charge >= 0.3 is 0 Å². The summed E-state index contributed by atoms with van der Waals surface area (Å²) in [6, 6.07) is 14.7. The second-order valence-corrected chi connectivity index (χ2v) is 5.17. The number of benzene rings is 2. The molecule has 3 nitrogen and oxygen atoms in total. The first-order chi connectivity index (χ1) is 10.1. The van der Waals surface area contributed by atoms with Gasteiger partial charge in [0.25, 0.3) is 5.91 Å². The molecule has 0 unspecified atom stereocenters. The second-order valence-electron chi connectivity index (χ2n) is 5.17. The number of amides is 1. The molecule has 0 atom stereocenters. The largest absolute Gasteiger partial charge is 0.507 e. The summed E-state index contributed by atoms with van der Waals surface area (Å²) >= 11 is 0. The fourth-order valence-corrected chi connectivity index (χ4v) is 2.24. The zero-order chi connectivity index (χ0) is 15.2. The molecule has 3 heteroatoms. The van der Waals surface area contributed by atoms with Gasteiger partial charge in [0.15, 0.2) is 0 Å². The SMILES string of the molecule is CCCCN(C(=O)c1cc(C)ccc1O)c1ccccc1. The minimum absolute atomic E-state index is 0.0306. The molecule has 0 bridgehead atoms. The van der Waals surface area contributed by atoms with Crippen LogP contribution in [0, 0.1) is 6.92 Å². The van der Waals surface area contributed by atoms with Crippen molar-refractivity contribution < 1.29 is 9.90 Å². The number of aromatic hydroxyl groups is 1. The normalized spacial score (nSPS) is 10.4. The second kappa shape index (κ2) is 6.93. The Kier molecular flexibility index (Phi) is 4.99. The van der Waals surface area contributed by atoms with E-state index in [0.29, 0.717) is 12.1 Å². The maximum absolute atomic E-state index is 12.8. The molecule has 2 aromatic carbocycles. The van der Waals surface area contributed by atoms with Gasteiger partial charge < -0.3 is 10.0 Å². The Labute approximate surface area is 125 Å². The van der Waals surface area contributed by atoms with Crippen molar-refractivity contribution in [3.05, 3.63) is 59.7 Å². The lowest BCUT2D eigenvalue weighted by atomic mass is 10.1. The molecule has 0 heterocycles. The maximum atomic E-state index is 12.8. The van der Waals surface area contributed by atoms with E-state index in [4.69, 9.17) is 0 Å². The van der Waals surface area contributed by atoms with Gasteiger partial charge in [-0.05, 0) is 37.6 Å². The summed E-state index contributed by atoms with van der Waals surface area (Å²) in [6.07, 6.45) is 1.93. The number of nitrogens with zero attached hydrogens (tertiary/aromatic N) is 1. The molecule has 2 aromatic rings. The summed E-state index contributed by atoms with van der Waals surface area (Å²) in [6.45, 7) is 4.65. The van der Waals surface area contributed by atoms with Crippen LogP contribution in [0.15, 0.2) is 48.5 Å². The van der Waals surface area contributed by atoms with E-state index >= 15 is 0 Å². The summed E-state index contributed by atoms with van der Waals surface area (Å²) in [5, 5.41) is 9.98. The molecule has 110 valence electrons. The van der Waals surface area contributed by atoms with Crippen molar-refractivity contribution in [3.8, 4) is 5.75 Å². The number of hydrogen-bond acceptors (Lipinski definition) is 2. The van der Waals surface area contributed by atoms with Gasteiger partial charge in [0.05, 0.1) is 5.56 Å². The predicted molar refractivity (Wildman–Crippen MR) is 85.9 cm³/mol. The van der Waals surface area contributed by atoms with Gasteiger partial charge in [-0.3, -0.25) is 4.79 Å². The summed E-state index contributed by atoms with van der Waals surface area (Å²) in [7, 11) is 0. The number of carbonyl (C=O) groups is 1. The Bertz CT molecular complexity index is 608. The van der Waals surface area contributed by atoms with E-state index in [1.165, 1.54) is 0 Å². The lowest BCUT2D eigenvalue weighted by Gasteiger charge is -2.23. The third kappa shape index (κ3) is 3.63. The molecule has 1 amide bonds. The van der Waals surface area contributed by atoms with Crippen LogP contribution in [-0.4, -0.2) is 17.6 Å². The van der Waals surface area contributed by atoms with E-state index in [1.54, 1.807) is 23.1 Å². The molecule has 0 aliphatic rings. The molecule has 0 radical (unpaired) electrons. The van der Waals surface area contributed by atoms with Crippen LogP contribution < -0.4 is 4.90 Å². The summed E-state index contributed by atoms with van der Waals surface area (Å²) in [4.78, 5) is 14.5. The molecule has 0 saturated heterocycles. The minimum atomic E-state index is -0.157. The van der Waals surface area contributed by atoms with Crippen molar-refractivity contribution in [2.24, 2.45) is 0 Å². The van der Waals surface area contributed by atoms with Crippen LogP contribution in [0.2, 0.25) is 0 Å². The summed E-state index contributed by atoms with van der Waals surface area (Å²) < 4.78 is 0. The Morgan fingerprint density at radius 2 is 1.86 bits per heavy atom. The van der Waals surface area contributed by atoms with Gasteiger partial charge in [-0.2, -0.15) is 0 Å². The van der Waals surface area contributed by atoms with E-state index in [-0.39, 0.29) is 11.7 Å². The van der Waals surface area contributed by atoms with E-state index < -0.39 is 0 Å². The van der Waals surface area contributed by atoms with Crippen LogP contribution in [0.5, 0.6) is 5.75 Å². The number of unbranched alkanes of at least 4 members (excludes halogenated alkanes) is 1. The van der Waals surface area contributed by atoms with E-state index in [2.05, 4.69) is 6.92 Å². The standard InChI is InChI=1S/C18H21NO2/c1-3-4-12-19(15-8-6-5-7-9-15)18(21)16-13-14(2)10-11-17(16)20/h5-11,13,20H,3-4,12H2,1-2H3. The van der Waals surface area contributed by atoms with E-state index in [0.717, 1.165) is 24.1 Å². The lowest BCUT2D eigenvalue weighted by molar-refractivity contribution is 0.0984.